The van der Waals surface area contributed by atoms with Crippen LogP contribution in [0.5, 0.6) is 0 Å². The van der Waals surface area contributed by atoms with Crippen LogP contribution in [0.1, 0.15) is 11.3 Å². The quantitative estimate of drug-likeness (QED) is 0.797. The lowest BCUT2D eigenvalue weighted by Gasteiger charge is -2.07. The topological polar surface area (TPSA) is 58.3 Å². The van der Waals surface area contributed by atoms with Crippen molar-refractivity contribution in [2.45, 2.75) is 13.2 Å². The predicted molar refractivity (Wildman–Crippen MR) is 56.2 cm³/mol. The van der Waals surface area contributed by atoms with Gasteiger partial charge in [0.1, 0.15) is 5.76 Å². The van der Waals surface area contributed by atoms with Crippen molar-refractivity contribution in [3.63, 3.8) is 0 Å². The fourth-order valence-corrected chi connectivity index (χ4v) is 1.32. The van der Waals surface area contributed by atoms with Gasteiger partial charge < -0.3 is 14.8 Å². The maximum absolute atomic E-state index is 9.08. The highest BCUT2D eigenvalue weighted by atomic mass is 16.3. The zero-order chi connectivity index (χ0) is 10.5. The van der Waals surface area contributed by atoms with Gasteiger partial charge in [0.2, 0.25) is 0 Å². The van der Waals surface area contributed by atoms with E-state index < -0.39 is 0 Å². The summed E-state index contributed by atoms with van der Waals surface area (Å²) in [6.07, 6.45) is 4.98. The number of nitrogens with one attached hydrogen (secondary N) is 1. The van der Waals surface area contributed by atoms with Crippen LogP contribution in [0.25, 0.3) is 0 Å². The van der Waals surface area contributed by atoms with Crippen molar-refractivity contribution in [1.82, 2.24) is 4.98 Å². The van der Waals surface area contributed by atoms with E-state index in [2.05, 4.69) is 10.3 Å². The van der Waals surface area contributed by atoms with E-state index in [0.717, 1.165) is 17.0 Å². The Labute approximate surface area is 87.6 Å². The minimum atomic E-state index is 0.00298. The van der Waals surface area contributed by atoms with Crippen LogP contribution in [0.4, 0.5) is 5.69 Å². The van der Waals surface area contributed by atoms with Crippen LogP contribution in [0.15, 0.2) is 41.3 Å². The summed E-state index contributed by atoms with van der Waals surface area (Å²) in [6, 6.07) is 5.51. The zero-order valence-electron chi connectivity index (χ0n) is 8.18. The van der Waals surface area contributed by atoms with Crippen molar-refractivity contribution in [3.05, 3.63) is 48.2 Å². The molecule has 0 atom stereocenters. The Morgan fingerprint density at radius 2 is 2.33 bits per heavy atom. The lowest BCUT2D eigenvalue weighted by molar-refractivity contribution is 0.282. The number of anilines is 1. The van der Waals surface area contributed by atoms with Gasteiger partial charge in [-0.1, -0.05) is 0 Å². The molecule has 15 heavy (non-hydrogen) atoms. The smallest absolute Gasteiger partial charge is 0.122 e. The third kappa shape index (κ3) is 2.35. The molecule has 0 saturated heterocycles. The van der Waals surface area contributed by atoms with Crippen LogP contribution in [0.3, 0.4) is 0 Å². The van der Waals surface area contributed by atoms with Crippen LogP contribution in [0.2, 0.25) is 0 Å². The molecular weight excluding hydrogens is 192 g/mol. The van der Waals surface area contributed by atoms with Gasteiger partial charge in [0.05, 0.1) is 31.3 Å². The summed E-state index contributed by atoms with van der Waals surface area (Å²) in [6.45, 7) is 0.592. The van der Waals surface area contributed by atoms with E-state index in [1.807, 2.05) is 12.1 Å². The molecule has 0 fully saturated rings. The van der Waals surface area contributed by atoms with Gasteiger partial charge >= 0.3 is 0 Å². The molecule has 0 aliphatic carbocycles. The number of aliphatic hydroxyl groups excluding tert-OH is 1. The highest BCUT2D eigenvalue weighted by Gasteiger charge is 2.01. The Balaban J connectivity index is 2.04. The highest BCUT2D eigenvalue weighted by Crippen LogP contribution is 2.14. The van der Waals surface area contributed by atoms with Crippen molar-refractivity contribution in [2.75, 3.05) is 5.32 Å². The molecule has 2 rings (SSSR count). The lowest BCUT2D eigenvalue weighted by Crippen LogP contribution is -2.02. The van der Waals surface area contributed by atoms with Crippen LogP contribution >= 0.6 is 0 Å². The molecule has 0 aliphatic heterocycles. The molecule has 0 spiro atoms. The van der Waals surface area contributed by atoms with E-state index in [1.54, 1.807) is 24.7 Å². The van der Waals surface area contributed by atoms with E-state index >= 15 is 0 Å². The molecule has 2 aromatic heterocycles. The maximum atomic E-state index is 9.08. The van der Waals surface area contributed by atoms with Gasteiger partial charge in [-0.05, 0) is 18.2 Å². The van der Waals surface area contributed by atoms with E-state index in [1.165, 1.54) is 0 Å². The van der Waals surface area contributed by atoms with E-state index in [4.69, 9.17) is 9.52 Å². The third-order valence-corrected chi connectivity index (χ3v) is 2.11. The second kappa shape index (κ2) is 4.61. The summed E-state index contributed by atoms with van der Waals surface area (Å²) >= 11 is 0. The van der Waals surface area contributed by atoms with Crippen molar-refractivity contribution in [3.8, 4) is 0 Å². The second-order valence-electron chi connectivity index (χ2n) is 3.12. The van der Waals surface area contributed by atoms with Gasteiger partial charge in [0.25, 0.3) is 0 Å². The van der Waals surface area contributed by atoms with Crippen LogP contribution in [-0.4, -0.2) is 10.1 Å². The van der Waals surface area contributed by atoms with Gasteiger partial charge in [-0.3, -0.25) is 4.98 Å². The van der Waals surface area contributed by atoms with Gasteiger partial charge in [0.15, 0.2) is 0 Å². The molecule has 0 aromatic carbocycles. The summed E-state index contributed by atoms with van der Waals surface area (Å²) in [5.41, 5.74) is 1.66. The van der Waals surface area contributed by atoms with Crippen molar-refractivity contribution in [1.29, 1.82) is 0 Å². The Hall–Kier alpha value is -1.81. The Kier molecular flexibility index (Phi) is 2.99. The number of furan rings is 1. The summed E-state index contributed by atoms with van der Waals surface area (Å²) < 4.78 is 5.18. The summed E-state index contributed by atoms with van der Waals surface area (Å²) in [7, 11) is 0. The molecule has 0 radical (unpaired) electrons. The standard InChI is InChI=1S/C11H12N2O2/c14-8-9-3-4-12-7-11(9)13-6-10-2-1-5-15-10/h1-5,7,13-14H,6,8H2. The maximum Gasteiger partial charge on any atom is 0.122 e. The largest absolute Gasteiger partial charge is 0.467 e. The molecule has 0 amide bonds. The molecule has 78 valence electrons. The normalized spacial score (nSPS) is 10.2. The van der Waals surface area contributed by atoms with Gasteiger partial charge in [-0.25, -0.2) is 0 Å². The SMILES string of the molecule is OCc1ccncc1NCc1ccco1. The first kappa shape index (κ1) is 9.73. The molecule has 2 heterocycles. The average Bonchev–Trinajstić information content (AvgIpc) is 2.79. The molecule has 2 aromatic rings. The van der Waals surface area contributed by atoms with Gasteiger partial charge in [-0.2, -0.15) is 0 Å². The Morgan fingerprint density at radius 1 is 1.40 bits per heavy atom. The van der Waals surface area contributed by atoms with E-state index in [0.29, 0.717) is 6.54 Å². The molecule has 0 unspecified atom stereocenters. The predicted octanol–water partition coefficient (Wildman–Crippen LogP) is 1.78. The van der Waals surface area contributed by atoms with Crippen molar-refractivity contribution < 1.29 is 9.52 Å². The van der Waals surface area contributed by atoms with Crippen LogP contribution in [0, 0.1) is 0 Å². The van der Waals surface area contributed by atoms with Crippen LogP contribution < -0.4 is 5.32 Å². The Morgan fingerprint density at radius 3 is 3.07 bits per heavy atom. The second-order valence-corrected chi connectivity index (χ2v) is 3.12. The first-order chi connectivity index (χ1) is 7.40. The minimum absolute atomic E-state index is 0.00298. The third-order valence-electron chi connectivity index (χ3n) is 2.11. The molecular formula is C11H12N2O2. The van der Waals surface area contributed by atoms with Crippen LogP contribution in [-0.2, 0) is 13.2 Å². The number of aromatic nitrogens is 1. The van der Waals surface area contributed by atoms with Gasteiger partial charge in [0, 0.05) is 11.8 Å². The molecule has 0 bridgehead atoms. The first-order valence-corrected chi connectivity index (χ1v) is 4.70. The van der Waals surface area contributed by atoms with Crippen molar-refractivity contribution in [2.24, 2.45) is 0 Å². The number of rotatable bonds is 4. The molecule has 0 saturated carbocycles. The molecule has 4 nitrogen and oxygen atoms in total. The highest BCUT2D eigenvalue weighted by molar-refractivity contribution is 5.48. The number of nitrogens with zero attached hydrogens (tertiary/aromatic N) is 1. The number of aliphatic hydroxyl groups is 1. The zero-order valence-corrected chi connectivity index (χ0v) is 8.18. The monoisotopic (exact) mass is 204 g/mol. The molecule has 2 N–H and O–H groups in total. The average molecular weight is 204 g/mol. The minimum Gasteiger partial charge on any atom is -0.467 e. The van der Waals surface area contributed by atoms with Gasteiger partial charge in [-0.15, -0.1) is 0 Å². The lowest BCUT2D eigenvalue weighted by atomic mass is 10.2. The number of pyridine rings is 1. The summed E-state index contributed by atoms with van der Waals surface area (Å²) in [5.74, 6) is 0.850. The fraction of sp³-hybridized carbons (Fsp3) is 0.182. The molecule has 4 heteroatoms. The summed E-state index contributed by atoms with van der Waals surface area (Å²) in [4.78, 5) is 3.99. The number of hydrogen-bond donors (Lipinski definition) is 2. The number of hydrogen-bond acceptors (Lipinski definition) is 4. The molecule has 0 aliphatic rings. The first-order valence-electron chi connectivity index (χ1n) is 4.70. The Bertz CT molecular complexity index is 412. The summed E-state index contributed by atoms with van der Waals surface area (Å²) in [5, 5.41) is 12.2. The van der Waals surface area contributed by atoms with E-state index in [9.17, 15) is 0 Å². The van der Waals surface area contributed by atoms with E-state index in [-0.39, 0.29) is 6.61 Å². The fourth-order valence-electron chi connectivity index (χ4n) is 1.32. The van der Waals surface area contributed by atoms with Crippen molar-refractivity contribution >= 4 is 5.69 Å².